The third kappa shape index (κ3) is 4.24. The molecular weight excluding hydrogens is 474 g/mol. The second-order valence-corrected chi connectivity index (χ2v) is 9.68. The fourth-order valence-electron chi connectivity index (χ4n) is 4.03. The van der Waals surface area contributed by atoms with Gasteiger partial charge in [-0.05, 0) is 30.7 Å². The molecule has 0 unspecified atom stereocenters. The molecule has 2 N–H and O–H groups in total. The Labute approximate surface area is 207 Å². The Morgan fingerprint density at radius 2 is 1.58 bits per heavy atom. The highest BCUT2D eigenvalue weighted by Gasteiger charge is 2.22. The Kier molecular flexibility index (Phi) is 5.84. The van der Waals surface area contributed by atoms with Crippen molar-refractivity contribution in [2.75, 3.05) is 4.72 Å². The number of carboxylic acids is 1. The van der Waals surface area contributed by atoms with Crippen LogP contribution in [0.3, 0.4) is 0 Å². The standard InChI is InChI=1S/C28H19N3O4S/c1-18-12-13-20-8-6-16-29-25(20)27(18)36(34,35)31-24-11-5-2-7-19(24)14-15-21-17-30-26(28(32)33)23-10-4-3-9-22(21)23/h2-13,16-17,31H,1H3,(H,32,33). The minimum Gasteiger partial charge on any atom is -0.476 e. The van der Waals surface area contributed by atoms with Crippen molar-refractivity contribution in [3.05, 3.63) is 108 Å². The van der Waals surface area contributed by atoms with Gasteiger partial charge in [-0.15, -0.1) is 0 Å². The molecule has 0 aliphatic carbocycles. The fraction of sp³-hybridized carbons (Fsp3) is 0.0357. The van der Waals surface area contributed by atoms with Crippen LogP contribution < -0.4 is 4.72 Å². The van der Waals surface area contributed by atoms with E-state index in [9.17, 15) is 18.3 Å². The van der Waals surface area contributed by atoms with Crippen LogP contribution in [-0.4, -0.2) is 29.5 Å². The first-order valence-electron chi connectivity index (χ1n) is 10.9. The van der Waals surface area contributed by atoms with Crippen molar-refractivity contribution in [1.29, 1.82) is 0 Å². The van der Waals surface area contributed by atoms with Crippen LogP contribution >= 0.6 is 0 Å². The lowest BCUT2D eigenvalue weighted by atomic mass is 10.0. The summed E-state index contributed by atoms with van der Waals surface area (Å²) in [7, 11) is -3.98. The average Bonchev–Trinajstić information content (AvgIpc) is 2.87. The topological polar surface area (TPSA) is 109 Å². The number of sulfonamides is 1. The molecule has 0 aliphatic heterocycles. The van der Waals surface area contributed by atoms with Gasteiger partial charge in [0.25, 0.3) is 10.0 Å². The van der Waals surface area contributed by atoms with E-state index in [0.29, 0.717) is 38.7 Å². The predicted octanol–water partition coefficient (Wildman–Crippen LogP) is 4.99. The Bertz CT molecular complexity index is 1840. The van der Waals surface area contributed by atoms with Crippen LogP contribution in [-0.2, 0) is 10.0 Å². The number of aromatic nitrogens is 2. The quantitative estimate of drug-likeness (QED) is 0.342. The lowest BCUT2D eigenvalue weighted by Crippen LogP contribution is -2.16. The molecule has 8 heteroatoms. The largest absolute Gasteiger partial charge is 0.476 e. The van der Waals surface area contributed by atoms with E-state index in [1.807, 2.05) is 12.1 Å². The number of aromatic carboxylic acids is 1. The van der Waals surface area contributed by atoms with Gasteiger partial charge in [-0.3, -0.25) is 9.71 Å². The van der Waals surface area contributed by atoms with Gasteiger partial charge in [-0.2, -0.15) is 0 Å². The number of hydrogen-bond acceptors (Lipinski definition) is 5. The number of nitrogens with zero attached hydrogens (tertiary/aromatic N) is 2. The summed E-state index contributed by atoms with van der Waals surface area (Å²) in [6.07, 6.45) is 2.98. The smallest absolute Gasteiger partial charge is 0.355 e. The summed E-state index contributed by atoms with van der Waals surface area (Å²) in [5.74, 6) is 4.92. The first kappa shape index (κ1) is 23.0. The molecule has 5 aromatic rings. The van der Waals surface area contributed by atoms with E-state index >= 15 is 0 Å². The van der Waals surface area contributed by atoms with Crippen molar-refractivity contribution in [3.8, 4) is 11.8 Å². The molecule has 2 aromatic heterocycles. The molecule has 0 aliphatic rings. The lowest BCUT2D eigenvalue weighted by molar-refractivity contribution is 0.0693. The second kappa shape index (κ2) is 9.13. The first-order valence-corrected chi connectivity index (χ1v) is 12.4. The molecule has 0 radical (unpaired) electrons. The summed E-state index contributed by atoms with van der Waals surface area (Å²) >= 11 is 0. The van der Waals surface area contributed by atoms with Crippen LogP contribution in [0.15, 0.2) is 90.1 Å². The monoisotopic (exact) mass is 493 g/mol. The van der Waals surface area contributed by atoms with E-state index in [-0.39, 0.29) is 10.6 Å². The maximum Gasteiger partial charge on any atom is 0.355 e. The van der Waals surface area contributed by atoms with Crippen LogP contribution in [0.25, 0.3) is 21.7 Å². The van der Waals surface area contributed by atoms with E-state index in [4.69, 9.17) is 0 Å². The molecule has 3 aromatic carbocycles. The molecule has 0 fully saturated rings. The number of para-hydroxylation sites is 1. The van der Waals surface area contributed by atoms with E-state index < -0.39 is 16.0 Å². The molecule has 0 saturated heterocycles. The molecule has 0 saturated carbocycles. The molecule has 7 nitrogen and oxygen atoms in total. The summed E-state index contributed by atoms with van der Waals surface area (Å²) in [6, 6.07) is 21.0. The summed E-state index contributed by atoms with van der Waals surface area (Å²) in [5, 5.41) is 11.3. The summed E-state index contributed by atoms with van der Waals surface area (Å²) in [4.78, 5) is 20.0. The molecule has 0 spiro atoms. The van der Waals surface area contributed by atoms with Crippen LogP contribution in [0, 0.1) is 18.8 Å². The van der Waals surface area contributed by atoms with Gasteiger partial charge in [0.1, 0.15) is 4.90 Å². The van der Waals surface area contributed by atoms with Gasteiger partial charge in [-0.1, -0.05) is 66.4 Å². The second-order valence-electron chi connectivity index (χ2n) is 8.06. The highest BCUT2D eigenvalue weighted by Crippen LogP contribution is 2.28. The summed E-state index contributed by atoms with van der Waals surface area (Å²) < 4.78 is 29.6. The van der Waals surface area contributed by atoms with Crippen LogP contribution in [0.5, 0.6) is 0 Å². The Hall–Kier alpha value is -4.74. The van der Waals surface area contributed by atoms with Gasteiger partial charge in [0.15, 0.2) is 5.69 Å². The maximum atomic E-state index is 13.5. The minimum absolute atomic E-state index is 0.0524. The average molecular weight is 494 g/mol. The van der Waals surface area contributed by atoms with Gasteiger partial charge in [0.2, 0.25) is 0 Å². The van der Waals surface area contributed by atoms with Crippen molar-refractivity contribution in [1.82, 2.24) is 9.97 Å². The zero-order chi connectivity index (χ0) is 25.3. The zero-order valence-electron chi connectivity index (χ0n) is 19.1. The maximum absolute atomic E-state index is 13.5. The number of nitrogens with one attached hydrogen (secondary N) is 1. The molecular formula is C28H19N3O4S. The van der Waals surface area contributed by atoms with E-state index in [0.717, 1.165) is 5.39 Å². The van der Waals surface area contributed by atoms with Gasteiger partial charge in [0.05, 0.1) is 16.8 Å². The minimum atomic E-state index is -3.98. The van der Waals surface area contributed by atoms with Gasteiger partial charge >= 0.3 is 5.97 Å². The predicted molar refractivity (Wildman–Crippen MR) is 138 cm³/mol. The molecule has 36 heavy (non-hydrogen) atoms. The molecule has 0 bridgehead atoms. The molecule has 0 atom stereocenters. The van der Waals surface area contributed by atoms with Gasteiger partial charge in [0, 0.05) is 34.1 Å². The molecule has 176 valence electrons. The molecule has 2 heterocycles. The number of anilines is 1. The van der Waals surface area contributed by atoms with Crippen LogP contribution in [0.2, 0.25) is 0 Å². The number of aryl methyl sites for hydroxylation is 1. The van der Waals surface area contributed by atoms with Crippen molar-refractivity contribution in [3.63, 3.8) is 0 Å². The van der Waals surface area contributed by atoms with Crippen molar-refractivity contribution in [2.24, 2.45) is 0 Å². The number of fused-ring (bicyclic) bond motifs is 2. The zero-order valence-corrected chi connectivity index (χ0v) is 19.9. The highest BCUT2D eigenvalue weighted by molar-refractivity contribution is 7.93. The van der Waals surface area contributed by atoms with E-state index in [1.54, 1.807) is 73.8 Å². The van der Waals surface area contributed by atoms with E-state index in [1.165, 1.54) is 6.20 Å². The third-order valence-corrected chi connectivity index (χ3v) is 7.24. The van der Waals surface area contributed by atoms with Crippen LogP contribution in [0.4, 0.5) is 5.69 Å². The number of rotatable bonds is 4. The number of benzene rings is 3. The van der Waals surface area contributed by atoms with Crippen molar-refractivity contribution >= 4 is 43.4 Å². The molecule has 5 rings (SSSR count). The third-order valence-electron chi connectivity index (χ3n) is 5.69. The number of pyridine rings is 2. The lowest BCUT2D eigenvalue weighted by Gasteiger charge is -2.13. The highest BCUT2D eigenvalue weighted by atomic mass is 32.2. The fourth-order valence-corrected chi connectivity index (χ4v) is 5.52. The first-order chi connectivity index (χ1) is 17.3. The number of carbonyl (C=O) groups is 1. The van der Waals surface area contributed by atoms with Crippen LogP contribution in [0.1, 0.15) is 27.2 Å². The Morgan fingerprint density at radius 3 is 2.39 bits per heavy atom. The van der Waals surface area contributed by atoms with Gasteiger partial charge in [-0.25, -0.2) is 18.2 Å². The number of hydrogen-bond donors (Lipinski definition) is 2. The van der Waals surface area contributed by atoms with Crippen molar-refractivity contribution < 1.29 is 18.3 Å². The van der Waals surface area contributed by atoms with Crippen molar-refractivity contribution in [2.45, 2.75) is 11.8 Å². The summed E-state index contributed by atoms with van der Waals surface area (Å²) in [6.45, 7) is 1.73. The normalized spacial score (nSPS) is 11.1. The Morgan fingerprint density at radius 1 is 0.861 bits per heavy atom. The van der Waals surface area contributed by atoms with Gasteiger partial charge < -0.3 is 5.11 Å². The number of carboxylic acid groups (broad SMARTS) is 1. The van der Waals surface area contributed by atoms with E-state index in [2.05, 4.69) is 26.5 Å². The SMILES string of the molecule is Cc1ccc2cccnc2c1S(=O)(=O)Nc1ccccc1C#Cc1cnc(C(=O)O)c2ccccc12. The summed E-state index contributed by atoms with van der Waals surface area (Å²) in [5.41, 5.74) is 2.22. The molecule has 0 amide bonds. The Balaban J connectivity index is 1.57.